The molecule has 0 aromatic carbocycles. The fourth-order valence-electron chi connectivity index (χ4n) is 6.07. The van der Waals surface area contributed by atoms with Gasteiger partial charge in [0.25, 0.3) is 0 Å². The molecule has 1 amide bonds. The number of carbonyl (C=O) groups excluding carboxylic acids is 1. The summed E-state index contributed by atoms with van der Waals surface area (Å²) < 4.78 is 26.5. The van der Waals surface area contributed by atoms with E-state index in [4.69, 9.17) is 0 Å². The van der Waals surface area contributed by atoms with Gasteiger partial charge in [0.1, 0.15) is 22.4 Å². The molecule has 0 unspecified atom stereocenters. The van der Waals surface area contributed by atoms with Crippen molar-refractivity contribution in [3.63, 3.8) is 0 Å². The number of aromatic nitrogens is 6. The third-order valence-electron chi connectivity index (χ3n) is 8.52. The molecule has 3 aliphatic rings. The van der Waals surface area contributed by atoms with Gasteiger partial charge in [0.2, 0.25) is 16.2 Å². The van der Waals surface area contributed by atoms with Crippen molar-refractivity contribution >= 4 is 50.2 Å². The van der Waals surface area contributed by atoms with E-state index in [9.17, 15) is 13.6 Å². The summed E-state index contributed by atoms with van der Waals surface area (Å²) in [4.78, 5) is 25.4. The van der Waals surface area contributed by atoms with Gasteiger partial charge in [-0.3, -0.25) is 14.8 Å². The average Bonchev–Trinajstić information content (AvgIpc) is 3.68. The molecule has 2 saturated heterocycles. The number of allylic oxidation sites excluding steroid dienone is 1. The van der Waals surface area contributed by atoms with Crippen LogP contribution < -0.4 is 20.4 Å². The van der Waals surface area contributed by atoms with Crippen LogP contribution in [-0.4, -0.2) is 74.8 Å². The second kappa shape index (κ2) is 13.3. The number of carbonyl (C=O) groups is 1. The summed E-state index contributed by atoms with van der Waals surface area (Å²) >= 11 is 2.95. The van der Waals surface area contributed by atoms with E-state index in [0.717, 1.165) is 58.5 Å². The molecular weight excluding hydrogens is 631 g/mol. The smallest absolute Gasteiger partial charge is 0.232 e. The maximum Gasteiger partial charge on any atom is 0.232 e. The first-order valence-corrected chi connectivity index (χ1v) is 17.1. The number of amides is 1. The van der Waals surface area contributed by atoms with Gasteiger partial charge in [-0.05, 0) is 43.5 Å². The number of halogens is 2. The van der Waals surface area contributed by atoms with Gasteiger partial charge in [-0.1, -0.05) is 35.7 Å². The molecule has 0 radical (unpaired) electrons. The van der Waals surface area contributed by atoms with Crippen molar-refractivity contribution in [3.8, 4) is 0 Å². The lowest BCUT2D eigenvalue weighted by atomic mass is 9.82. The van der Waals surface area contributed by atoms with Crippen LogP contribution in [0.1, 0.15) is 58.9 Å². The molecule has 7 rings (SSSR count). The number of nitrogens with one attached hydrogen (secondary N) is 2. The molecule has 2 atom stereocenters. The van der Waals surface area contributed by atoms with Crippen molar-refractivity contribution in [1.82, 2.24) is 30.4 Å². The number of pyridine rings is 2. The van der Waals surface area contributed by atoms with Crippen LogP contribution >= 0.6 is 22.7 Å². The number of anilines is 4. The Bertz CT molecular complexity index is 1580. The number of nitrogens with zero attached hydrogens (tertiary/aromatic N) is 8. The zero-order valence-corrected chi connectivity index (χ0v) is 26.7. The Morgan fingerprint density at radius 2 is 1.33 bits per heavy atom. The Labute approximate surface area is 273 Å². The van der Waals surface area contributed by atoms with Gasteiger partial charge in [-0.2, -0.15) is 0 Å². The fraction of sp³-hybridized carbons (Fsp3) is 0.452. The molecule has 0 spiro atoms. The Hall–Kier alpha value is -4.11. The zero-order valence-electron chi connectivity index (χ0n) is 25.1. The third-order valence-corrected chi connectivity index (χ3v) is 10.5. The first-order chi connectivity index (χ1) is 22.3. The fourth-order valence-corrected chi connectivity index (χ4v) is 7.91. The molecule has 46 heavy (non-hydrogen) atoms. The van der Waals surface area contributed by atoms with Crippen LogP contribution in [0, 0.1) is 0 Å². The van der Waals surface area contributed by atoms with Gasteiger partial charge in [-0.15, -0.1) is 20.4 Å². The van der Waals surface area contributed by atoms with Crippen LogP contribution in [-0.2, 0) is 17.6 Å². The van der Waals surface area contributed by atoms with Crippen LogP contribution in [0.5, 0.6) is 0 Å². The third kappa shape index (κ3) is 7.15. The lowest BCUT2D eigenvalue weighted by Gasteiger charge is -2.36. The lowest BCUT2D eigenvalue weighted by molar-refractivity contribution is -0.115. The van der Waals surface area contributed by atoms with Gasteiger partial charge in [0.15, 0.2) is 0 Å². The second-order valence-corrected chi connectivity index (χ2v) is 14.1. The molecule has 15 heteroatoms. The SMILES string of the molecule is C=C(Cc1cc(N2CC(F)C2)ccn1)Nc1nnc([C@H]2CCC[C@H](c3nnc(NC(=O)Cc4cc(N5CC(F)C5)ccn4)s3)C2)s1. The first-order valence-electron chi connectivity index (χ1n) is 15.4. The van der Waals surface area contributed by atoms with Crippen molar-refractivity contribution in [2.75, 3.05) is 46.6 Å². The van der Waals surface area contributed by atoms with Crippen LogP contribution in [0.15, 0.2) is 48.9 Å². The summed E-state index contributed by atoms with van der Waals surface area (Å²) in [6, 6.07) is 7.54. The van der Waals surface area contributed by atoms with E-state index in [0.29, 0.717) is 48.6 Å². The van der Waals surface area contributed by atoms with E-state index in [1.807, 2.05) is 34.1 Å². The Kier molecular flexibility index (Phi) is 8.84. The van der Waals surface area contributed by atoms with E-state index < -0.39 is 12.3 Å². The van der Waals surface area contributed by atoms with Crippen molar-refractivity contribution in [1.29, 1.82) is 0 Å². The largest absolute Gasteiger partial charge is 0.365 e. The zero-order chi connectivity index (χ0) is 31.6. The lowest BCUT2D eigenvalue weighted by Crippen LogP contribution is -2.48. The van der Waals surface area contributed by atoms with E-state index in [1.54, 1.807) is 12.4 Å². The number of rotatable bonds is 11. The minimum absolute atomic E-state index is 0.101. The first kappa shape index (κ1) is 30.5. The standard InChI is InChI=1S/C31H34F2N10OS2/c1-18(9-23-11-25(5-7-34-23)42-14-21(32)15-42)36-30-40-38-28(45-30)19-3-2-4-20(10-19)29-39-41-31(46-29)37-27(44)13-24-12-26(6-8-35-24)43-16-22(33)17-43/h5-8,11-12,19-22H,1-4,9-10,13-17H2,(H,36,40)(H,37,41,44)/t19-,20-/m0/s1. The molecular formula is C31H34F2N10OS2. The van der Waals surface area contributed by atoms with Crippen molar-refractivity contribution in [3.05, 3.63) is 70.3 Å². The minimum Gasteiger partial charge on any atom is -0.365 e. The number of alkyl halides is 2. The summed E-state index contributed by atoms with van der Waals surface area (Å²) in [6.07, 6.45) is 6.42. The van der Waals surface area contributed by atoms with Crippen molar-refractivity contribution in [2.45, 2.75) is 62.7 Å². The molecule has 4 aromatic heterocycles. The molecule has 6 heterocycles. The van der Waals surface area contributed by atoms with Gasteiger partial charge >= 0.3 is 0 Å². The monoisotopic (exact) mass is 664 g/mol. The summed E-state index contributed by atoms with van der Waals surface area (Å²) in [5.41, 5.74) is 4.09. The Balaban J connectivity index is 0.904. The summed E-state index contributed by atoms with van der Waals surface area (Å²) in [5.74, 6) is 0.267. The van der Waals surface area contributed by atoms with Crippen molar-refractivity contribution in [2.24, 2.45) is 0 Å². The molecule has 2 N–H and O–H groups in total. The summed E-state index contributed by atoms with van der Waals surface area (Å²) in [7, 11) is 0. The van der Waals surface area contributed by atoms with Crippen molar-refractivity contribution < 1.29 is 13.6 Å². The maximum atomic E-state index is 13.3. The van der Waals surface area contributed by atoms with E-state index in [2.05, 4.69) is 47.6 Å². The number of hydrogen-bond donors (Lipinski definition) is 2. The molecule has 1 aliphatic carbocycles. The normalized spacial score (nSPS) is 20.2. The van der Waals surface area contributed by atoms with E-state index >= 15 is 0 Å². The minimum atomic E-state index is -0.799. The van der Waals surface area contributed by atoms with Crippen LogP contribution in [0.4, 0.5) is 30.4 Å². The molecule has 0 bridgehead atoms. The Morgan fingerprint density at radius 1 is 0.804 bits per heavy atom. The molecule has 2 aliphatic heterocycles. The number of hydrogen-bond acceptors (Lipinski definition) is 12. The van der Waals surface area contributed by atoms with Gasteiger partial charge in [0.05, 0.1) is 38.3 Å². The Morgan fingerprint density at radius 3 is 1.87 bits per heavy atom. The molecule has 11 nitrogen and oxygen atoms in total. The topological polar surface area (TPSA) is 125 Å². The molecule has 3 fully saturated rings. The summed E-state index contributed by atoms with van der Waals surface area (Å²) in [6.45, 7) is 5.75. The van der Waals surface area contributed by atoms with E-state index in [1.165, 1.54) is 22.7 Å². The molecule has 4 aromatic rings. The van der Waals surface area contributed by atoms with Crippen LogP contribution in [0.25, 0.3) is 0 Å². The van der Waals surface area contributed by atoms with E-state index in [-0.39, 0.29) is 24.2 Å². The highest BCUT2D eigenvalue weighted by Gasteiger charge is 2.30. The molecule has 240 valence electrons. The predicted octanol–water partition coefficient (Wildman–Crippen LogP) is 5.29. The van der Waals surface area contributed by atoms with Crippen LogP contribution in [0.2, 0.25) is 0 Å². The van der Waals surface area contributed by atoms with Crippen LogP contribution in [0.3, 0.4) is 0 Å². The van der Waals surface area contributed by atoms with Gasteiger partial charge in [-0.25, -0.2) is 8.78 Å². The maximum absolute atomic E-state index is 13.3. The highest BCUT2D eigenvalue weighted by Crippen LogP contribution is 2.43. The highest BCUT2D eigenvalue weighted by atomic mass is 32.1. The molecule has 1 saturated carbocycles. The van der Waals surface area contributed by atoms with Gasteiger partial charge in [0, 0.05) is 53.4 Å². The quantitative estimate of drug-likeness (QED) is 0.219. The predicted molar refractivity (Wildman–Crippen MR) is 175 cm³/mol. The average molecular weight is 665 g/mol. The summed E-state index contributed by atoms with van der Waals surface area (Å²) in [5, 5.41) is 26.7. The van der Waals surface area contributed by atoms with Gasteiger partial charge < -0.3 is 20.4 Å². The highest BCUT2D eigenvalue weighted by molar-refractivity contribution is 7.15. The second-order valence-electron chi connectivity index (χ2n) is 12.1.